The molecule has 0 saturated carbocycles. The molecular weight excluding hydrogens is 262 g/mol. The summed E-state index contributed by atoms with van der Waals surface area (Å²) in [5, 5.41) is 0. The summed E-state index contributed by atoms with van der Waals surface area (Å²) in [6.07, 6.45) is 10.3. The highest BCUT2D eigenvalue weighted by atomic mass is 16.1. The van der Waals surface area contributed by atoms with E-state index in [0.29, 0.717) is 0 Å². The molecule has 3 rings (SSSR count). The maximum absolute atomic E-state index is 11.3. The van der Waals surface area contributed by atoms with Gasteiger partial charge in [-0.25, -0.2) is 4.98 Å². The zero-order chi connectivity index (χ0) is 14.7. The van der Waals surface area contributed by atoms with Gasteiger partial charge in [0.2, 0.25) is 6.41 Å². The highest BCUT2D eigenvalue weighted by Gasteiger charge is 2.24. The molecule has 0 spiro atoms. The molecule has 1 amide bonds. The predicted octanol–water partition coefficient (Wildman–Crippen LogP) is 3.06. The van der Waals surface area contributed by atoms with Crippen molar-refractivity contribution in [3.63, 3.8) is 0 Å². The Morgan fingerprint density at radius 3 is 2.62 bits per heavy atom. The molecule has 2 fully saturated rings. The summed E-state index contributed by atoms with van der Waals surface area (Å²) in [5.74, 6) is 1.10. The molecule has 0 N–H and O–H groups in total. The van der Waals surface area contributed by atoms with E-state index in [1.807, 2.05) is 11.1 Å². The summed E-state index contributed by atoms with van der Waals surface area (Å²) >= 11 is 0. The van der Waals surface area contributed by atoms with Crippen LogP contribution in [0, 0.1) is 6.92 Å². The summed E-state index contributed by atoms with van der Waals surface area (Å²) in [5.41, 5.74) is 2.49. The van der Waals surface area contributed by atoms with Gasteiger partial charge < -0.3 is 9.80 Å². The Hall–Kier alpha value is -1.58. The highest BCUT2D eigenvalue weighted by Crippen LogP contribution is 2.32. The van der Waals surface area contributed by atoms with Crippen molar-refractivity contribution < 1.29 is 4.79 Å². The second-order valence-corrected chi connectivity index (χ2v) is 6.30. The van der Waals surface area contributed by atoms with E-state index in [2.05, 4.69) is 17.9 Å². The number of carbonyl (C=O) groups excluding carboxylic acids is 1. The van der Waals surface area contributed by atoms with Gasteiger partial charge in [-0.3, -0.25) is 4.79 Å². The number of aromatic nitrogens is 1. The third-order valence-corrected chi connectivity index (χ3v) is 4.86. The number of piperidine rings is 2. The number of amides is 1. The maximum atomic E-state index is 11.3. The molecule has 2 aliphatic rings. The summed E-state index contributed by atoms with van der Waals surface area (Å²) in [4.78, 5) is 20.3. The second-order valence-electron chi connectivity index (χ2n) is 6.30. The van der Waals surface area contributed by atoms with E-state index in [1.165, 1.54) is 36.8 Å². The van der Waals surface area contributed by atoms with E-state index in [0.717, 1.165) is 44.7 Å². The van der Waals surface area contributed by atoms with Crippen molar-refractivity contribution in [1.29, 1.82) is 0 Å². The smallest absolute Gasteiger partial charge is 0.210 e. The molecule has 0 radical (unpaired) electrons. The molecule has 0 bridgehead atoms. The van der Waals surface area contributed by atoms with Crippen molar-refractivity contribution in [2.75, 3.05) is 24.5 Å². The van der Waals surface area contributed by atoms with Crippen LogP contribution in [0.4, 0.5) is 5.82 Å². The largest absolute Gasteiger partial charge is 0.357 e. The summed E-state index contributed by atoms with van der Waals surface area (Å²) in [6.45, 7) is 5.27. The van der Waals surface area contributed by atoms with Gasteiger partial charge >= 0.3 is 0 Å². The van der Waals surface area contributed by atoms with Gasteiger partial charge in [-0.15, -0.1) is 0 Å². The molecule has 1 unspecified atom stereocenters. The first-order chi connectivity index (χ1) is 10.3. The van der Waals surface area contributed by atoms with Crippen LogP contribution in [0.2, 0.25) is 0 Å². The molecule has 21 heavy (non-hydrogen) atoms. The van der Waals surface area contributed by atoms with Crippen LogP contribution < -0.4 is 4.90 Å². The molecule has 0 aliphatic carbocycles. The quantitative estimate of drug-likeness (QED) is 0.802. The number of aryl methyl sites for hydroxylation is 1. The maximum Gasteiger partial charge on any atom is 0.210 e. The van der Waals surface area contributed by atoms with E-state index < -0.39 is 0 Å². The van der Waals surface area contributed by atoms with Gasteiger partial charge in [0.25, 0.3) is 0 Å². The fraction of sp³-hybridized carbons (Fsp3) is 0.647. The fourth-order valence-electron chi connectivity index (χ4n) is 3.61. The Balaban J connectivity index is 1.81. The summed E-state index contributed by atoms with van der Waals surface area (Å²) in [7, 11) is 0. The van der Waals surface area contributed by atoms with Crippen molar-refractivity contribution in [2.24, 2.45) is 0 Å². The average Bonchev–Trinajstić information content (AvgIpc) is 2.55. The van der Waals surface area contributed by atoms with Crippen LogP contribution in [0.1, 0.15) is 55.7 Å². The van der Waals surface area contributed by atoms with Gasteiger partial charge in [0, 0.05) is 25.8 Å². The van der Waals surface area contributed by atoms with Gasteiger partial charge in [0.05, 0.1) is 6.04 Å². The predicted molar refractivity (Wildman–Crippen MR) is 84.4 cm³/mol. The average molecular weight is 287 g/mol. The van der Waals surface area contributed by atoms with Crippen LogP contribution in [-0.2, 0) is 4.79 Å². The first-order valence-electron chi connectivity index (χ1n) is 8.22. The first kappa shape index (κ1) is 14.4. The molecule has 0 aromatic carbocycles. The van der Waals surface area contributed by atoms with Crippen LogP contribution in [0.15, 0.2) is 12.3 Å². The Morgan fingerprint density at radius 1 is 1.14 bits per heavy atom. The van der Waals surface area contributed by atoms with Gasteiger partial charge in [0.15, 0.2) is 0 Å². The Morgan fingerprint density at radius 2 is 1.90 bits per heavy atom. The number of anilines is 1. The molecule has 2 saturated heterocycles. The van der Waals surface area contributed by atoms with Gasteiger partial charge in [0.1, 0.15) is 5.82 Å². The lowest BCUT2D eigenvalue weighted by Gasteiger charge is -2.34. The lowest BCUT2D eigenvalue weighted by atomic mass is 9.94. The Labute approximate surface area is 127 Å². The minimum absolute atomic E-state index is 0.221. The fourth-order valence-corrected chi connectivity index (χ4v) is 3.61. The molecule has 2 aliphatic heterocycles. The van der Waals surface area contributed by atoms with Crippen LogP contribution >= 0.6 is 0 Å². The van der Waals surface area contributed by atoms with E-state index in [9.17, 15) is 4.79 Å². The molecule has 4 nitrogen and oxygen atoms in total. The molecule has 1 aromatic rings. The highest BCUT2D eigenvalue weighted by molar-refractivity contribution is 5.51. The lowest BCUT2D eigenvalue weighted by Crippen LogP contribution is -2.33. The third kappa shape index (κ3) is 3.04. The molecule has 1 atom stereocenters. The third-order valence-electron chi connectivity index (χ3n) is 4.86. The number of hydrogen-bond donors (Lipinski definition) is 0. The molecule has 1 aromatic heterocycles. The SMILES string of the molecule is Cc1cc(N2CCCCC2)ncc1C1CCCCN1C=O. The zero-order valence-electron chi connectivity index (χ0n) is 12.9. The second kappa shape index (κ2) is 6.46. The van der Waals surface area contributed by atoms with Crippen molar-refractivity contribution in [1.82, 2.24) is 9.88 Å². The first-order valence-corrected chi connectivity index (χ1v) is 8.22. The number of carbonyl (C=O) groups is 1. The molecular formula is C17H25N3O. The minimum atomic E-state index is 0.221. The topological polar surface area (TPSA) is 36.4 Å². The summed E-state index contributed by atoms with van der Waals surface area (Å²) in [6, 6.07) is 2.43. The van der Waals surface area contributed by atoms with Crippen molar-refractivity contribution in [2.45, 2.75) is 51.5 Å². The number of nitrogens with zero attached hydrogens (tertiary/aromatic N) is 3. The molecule has 114 valence electrons. The van der Waals surface area contributed by atoms with Crippen molar-refractivity contribution >= 4 is 12.2 Å². The monoisotopic (exact) mass is 287 g/mol. The standard InChI is InChI=1S/C17H25N3O/c1-14-11-17(19-8-4-2-5-9-19)18-12-15(14)16-7-3-6-10-20(16)13-21/h11-13,16H,2-10H2,1H3. The van der Waals surface area contributed by atoms with Crippen molar-refractivity contribution in [3.8, 4) is 0 Å². The van der Waals surface area contributed by atoms with E-state index in [-0.39, 0.29) is 6.04 Å². The minimum Gasteiger partial charge on any atom is -0.357 e. The van der Waals surface area contributed by atoms with Crippen LogP contribution in [0.25, 0.3) is 0 Å². The van der Waals surface area contributed by atoms with Crippen molar-refractivity contribution in [3.05, 3.63) is 23.4 Å². The zero-order valence-corrected chi connectivity index (χ0v) is 12.9. The van der Waals surface area contributed by atoms with Gasteiger partial charge in [-0.2, -0.15) is 0 Å². The summed E-state index contributed by atoms with van der Waals surface area (Å²) < 4.78 is 0. The normalized spacial score (nSPS) is 23.2. The van der Waals surface area contributed by atoms with Crippen LogP contribution in [0.5, 0.6) is 0 Å². The molecule has 3 heterocycles. The van der Waals surface area contributed by atoms with E-state index >= 15 is 0 Å². The number of hydrogen-bond acceptors (Lipinski definition) is 3. The van der Waals surface area contributed by atoms with Crippen LogP contribution in [-0.4, -0.2) is 35.9 Å². The van der Waals surface area contributed by atoms with Crippen LogP contribution in [0.3, 0.4) is 0 Å². The Bertz CT molecular complexity index is 497. The Kier molecular flexibility index (Phi) is 4.42. The van der Waals surface area contributed by atoms with Gasteiger partial charge in [-0.05, 0) is 62.6 Å². The van der Waals surface area contributed by atoms with E-state index in [1.54, 1.807) is 0 Å². The molecule has 4 heteroatoms. The number of likely N-dealkylation sites (tertiary alicyclic amines) is 1. The van der Waals surface area contributed by atoms with E-state index in [4.69, 9.17) is 4.98 Å². The van der Waals surface area contributed by atoms with Gasteiger partial charge in [-0.1, -0.05) is 0 Å². The lowest BCUT2D eigenvalue weighted by molar-refractivity contribution is -0.121. The number of pyridine rings is 1. The number of rotatable bonds is 3.